The fraction of sp³-hybridized carbons (Fsp3) is 0.476. The summed E-state index contributed by atoms with van der Waals surface area (Å²) in [5, 5.41) is 7.15. The van der Waals surface area contributed by atoms with E-state index in [9.17, 15) is 0 Å². The lowest BCUT2D eigenvalue weighted by molar-refractivity contribution is 0.201. The van der Waals surface area contributed by atoms with Gasteiger partial charge in [0.05, 0.1) is 6.54 Å². The molecule has 0 amide bonds. The number of nitrogens with zero attached hydrogens (tertiary/aromatic N) is 3. The van der Waals surface area contributed by atoms with Crippen LogP contribution in [-0.4, -0.2) is 35.1 Å². The zero-order valence-electron chi connectivity index (χ0n) is 16.7. The Balaban J connectivity index is 0.00000300. The Morgan fingerprint density at radius 3 is 2.72 bits per heavy atom. The van der Waals surface area contributed by atoms with E-state index in [1.54, 1.807) is 12.4 Å². The summed E-state index contributed by atoms with van der Waals surface area (Å²) in [6.45, 7) is 4.20. The van der Waals surface area contributed by atoms with Crippen molar-refractivity contribution in [3.05, 3.63) is 52.9 Å². The van der Waals surface area contributed by atoms with E-state index >= 15 is 0 Å². The highest BCUT2D eigenvalue weighted by atomic mass is 127. The standard InChI is InChI=1S/C21H28ClN5O.HI/c1-2-23-21(25-12-9-16-7-8-19(22)26-14-16)27-15-17-10-11-24-20(13-17)28-18-5-3-4-6-18;/h7-8,10-11,13-14,18H,2-6,9,12,15H2,1H3,(H2,23,25,27);1H. The Labute approximate surface area is 194 Å². The zero-order chi connectivity index (χ0) is 19.6. The number of pyridine rings is 2. The first kappa shape index (κ1) is 23.7. The first-order chi connectivity index (χ1) is 13.7. The third-order valence-electron chi connectivity index (χ3n) is 4.65. The third kappa shape index (κ3) is 8.34. The molecule has 158 valence electrons. The molecule has 0 radical (unpaired) electrons. The average molecular weight is 530 g/mol. The van der Waals surface area contributed by atoms with E-state index in [2.05, 4.69) is 32.5 Å². The molecule has 8 heteroatoms. The van der Waals surface area contributed by atoms with Gasteiger partial charge in [-0.1, -0.05) is 17.7 Å². The van der Waals surface area contributed by atoms with Crippen LogP contribution in [0.5, 0.6) is 5.88 Å². The van der Waals surface area contributed by atoms with Gasteiger partial charge in [0, 0.05) is 31.5 Å². The Kier molecular flexibility index (Phi) is 10.5. The van der Waals surface area contributed by atoms with Gasteiger partial charge in [-0.15, -0.1) is 24.0 Å². The van der Waals surface area contributed by atoms with Crippen molar-refractivity contribution in [1.29, 1.82) is 0 Å². The van der Waals surface area contributed by atoms with E-state index in [1.165, 1.54) is 12.8 Å². The molecule has 1 fully saturated rings. The zero-order valence-corrected chi connectivity index (χ0v) is 19.8. The summed E-state index contributed by atoms with van der Waals surface area (Å²) in [5.74, 6) is 1.49. The molecular weight excluding hydrogens is 501 g/mol. The van der Waals surface area contributed by atoms with Crippen LogP contribution in [0, 0.1) is 0 Å². The van der Waals surface area contributed by atoms with Crippen LogP contribution in [0.15, 0.2) is 41.7 Å². The highest BCUT2D eigenvalue weighted by molar-refractivity contribution is 14.0. The van der Waals surface area contributed by atoms with Crippen molar-refractivity contribution >= 4 is 41.5 Å². The van der Waals surface area contributed by atoms with Crippen LogP contribution in [0.2, 0.25) is 5.15 Å². The molecule has 0 unspecified atom stereocenters. The monoisotopic (exact) mass is 529 g/mol. The van der Waals surface area contributed by atoms with E-state index < -0.39 is 0 Å². The van der Waals surface area contributed by atoms with Crippen LogP contribution in [0.3, 0.4) is 0 Å². The minimum atomic E-state index is 0. The maximum Gasteiger partial charge on any atom is 0.213 e. The minimum Gasteiger partial charge on any atom is -0.474 e. The van der Waals surface area contributed by atoms with Gasteiger partial charge in [-0.05, 0) is 62.3 Å². The second kappa shape index (κ2) is 12.8. The summed E-state index contributed by atoms with van der Waals surface area (Å²) in [7, 11) is 0. The average Bonchev–Trinajstić information content (AvgIpc) is 3.21. The molecule has 0 spiro atoms. The van der Waals surface area contributed by atoms with Gasteiger partial charge in [0.15, 0.2) is 5.96 Å². The minimum absolute atomic E-state index is 0. The van der Waals surface area contributed by atoms with Gasteiger partial charge in [-0.2, -0.15) is 0 Å². The van der Waals surface area contributed by atoms with Crippen molar-refractivity contribution < 1.29 is 4.74 Å². The van der Waals surface area contributed by atoms with Gasteiger partial charge < -0.3 is 15.4 Å². The molecule has 0 saturated heterocycles. The van der Waals surface area contributed by atoms with E-state index in [0.29, 0.717) is 23.7 Å². The lowest BCUT2D eigenvalue weighted by Crippen LogP contribution is -2.38. The molecule has 6 nitrogen and oxygen atoms in total. The third-order valence-corrected chi connectivity index (χ3v) is 4.87. The number of nitrogens with one attached hydrogen (secondary N) is 2. The van der Waals surface area contributed by atoms with E-state index in [-0.39, 0.29) is 24.0 Å². The van der Waals surface area contributed by atoms with Gasteiger partial charge in [0.1, 0.15) is 11.3 Å². The SMILES string of the molecule is CCNC(=NCc1ccnc(OC2CCCC2)c1)NCCc1ccc(Cl)nc1.I. The molecule has 0 bridgehead atoms. The second-order valence-corrected chi connectivity index (χ2v) is 7.28. The van der Waals surface area contributed by atoms with Crippen molar-refractivity contribution in [1.82, 2.24) is 20.6 Å². The molecule has 2 heterocycles. The quantitative estimate of drug-likeness (QED) is 0.230. The highest BCUT2D eigenvalue weighted by Crippen LogP contribution is 2.23. The summed E-state index contributed by atoms with van der Waals surface area (Å²) >= 11 is 5.83. The summed E-state index contributed by atoms with van der Waals surface area (Å²) in [4.78, 5) is 13.1. The number of hydrogen-bond donors (Lipinski definition) is 2. The van der Waals surface area contributed by atoms with E-state index in [0.717, 1.165) is 49.4 Å². The largest absolute Gasteiger partial charge is 0.474 e. The number of guanidine groups is 1. The molecule has 1 aliphatic carbocycles. The summed E-state index contributed by atoms with van der Waals surface area (Å²) in [6.07, 6.45) is 9.51. The second-order valence-electron chi connectivity index (χ2n) is 6.89. The van der Waals surface area contributed by atoms with Crippen molar-refractivity contribution in [2.75, 3.05) is 13.1 Å². The van der Waals surface area contributed by atoms with Crippen LogP contribution in [0.1, 0.15) is 43.7 Å². The Morgan fingerprint density at radius 1 is 1.17 bits per heavy atom. The molecule has 29 heavy (non-hydrogen) atoms. The van der Waals surface area contributed by atoms with Gasteiger partial charge in [-0.3, -0.25) is 0 Å². The Hall–Kier alpha value is -1.61. The van der Waals surface area contributed by atoms with E-state index in [1.807, 2.05) is 24.3 Å². The fourth-order valence-corrected chi connectivity index (χ4v) is 3.29. The molecule has 1 aliphatic rings. The Bertz CT molecular complexity index is 766. The molecular formula is C21H29ClIN5O. The van der Waals surface area contributed by atoms with Crippen molar-refractivity contribution in [2.24, 2.45) is 4.99 Å². The summed E-state index contributed by atoms with van der Waals surface area (Å²) < 4.78 is 5.99. The molecule has 0 atom stereocenters. The maximum absolute atomic E-state index is 5.99. The van der Waals surface area contributed by atoms with Crippen LogP contribution < -0.4 is 15.4 Å². The smallest absolute Gasteiger partial charge is 0.213 e. The van der Waals surface area contributed by atoms with Gasteiger partial charge in [0.2, 0.25) is 5.88 Å². The normalized spacial score (nSPS) is 14.3. The van der Waals surface area contributed by atoms with Crippen LogP contribution in [0.25, 0.3) is 0 Å². The predicted molar refractivity (Wildman–Crippen MR) is 128 cm³/mol. The number of ether oxygens (including phenoxy) is 1. The maximum atomic E-state index is 5.99. The van der Waals surface area contributed by atoms with Crippen molar-refractivity contribution in [3.8, 4) is 5.88 Å². The number of halogens is 2. The molecule has 0 aromatic carbocycles. The van der Waals surface area contributed by atoms with Crippen LogP contribution in [-0.2, 0) is 13.0 Å². The molecule has 2 N–H and O–H groups in total. The highest BCUT2D eigenvalue weighted by Gasteiger charge is 2.16. The number of aromatic nitrogens is 2. The number of hydrogen-bond acceptors (Lipinski definition) is 4. The molecule has 0 aliphatic heterocycles. The topological polar surface area (TPSA) is 71.4 Å². The Morgan fingerprint density at radius 2 is 2.00 bits per heavy atom. The summed E-state index contributed by atoms with van der Waals surface area (Å²) in [5.41, 5.74) is 2.22. The van der Waals surface area contributed by atoms with Gasteiger partial charge in [-0.25, -0.2) is 15.0 Å². The lowest BCUT2D eigenvalue weighted by atomic mass is 10.2. The summed E-state index contributed by atoms with van der Waals surface area (Å²) in [6, 6.07) is 7.77. The molecule has 3 rings (SSSR count). The van der Waals surface area contributed by atoms with Crippen LogP contribution in [0.4, 0.5) is 0 Å². The molecule has 1 saturated carbocycles. The van der Waals surface area contributed by atoms with Gasteiger partial charge in [0.25, 0.3) is 0 Å². The first-order valence-corrected chi connectivity index (χ1v) is 10.3. The lowest BCUT2D eigenvalue weighted by Gasteiger charge is -2.13. The fourth-order valence-electron chi connectivity index (χ4n) is 3.18. The number of rotatable bonds is 8. The van der Waals surface area contributed by atoms with Gasteiger partial charge >= 0.3 is 0 Å². The first-order valence-electron chi connectivity index (χ1n) is 9.97. The number of aliphatic imine (C=N–C) groups is 1. The predicted octanol–water partition coefficient (Wildman–Crippen LogP) is 4.37. The molecule has 2 aromatic heterocycles. The van der Waals surface area contributed by atoms with Crippen LogP contribution >= 0.6 is 35.6 Å². The molecule has 2 aromatic rings. The van der Waals surface area contributed by atoms with E-state index in [4.69, 9.17) is 16.3 Å². The van der Waals surface area contributed by atoms with Crippen molar-refractivity contribution in [2.45, 2.75) is 51.7 Å². The van der Waals surface area contributed by atoms with Crippen molar-refractivity contribution in [3.63, 3.8) is 0 Å².